The Balaban J connectivity index is 0.000000758. The molecule has 1 fully saturated rings. The predicted molar refractivity (Wildman–Crippen MR) is 99.7 cm³/mol. The van der Waals surface area contributed by atoms with Crippen molar-refractivity contribution in [1.82, 2.24) is 0 Å². The monoisotopic (exact) mass is 375 g/mol. The zero-order valence-electron chi connectivity index (χ0n) is 17.5. The Kier molecular flexibility index (Phi) is 9.23. The van der Waals surface area contributed by atoms with E-state index in [1.54, 1.807) is 20.8 Å². The van der Waals surface area contributed by atoms with Crippen molar-refractivity contribution in [1.29, 1.82) is 0 Å². The number of carboxylic acid groups (broad SMARTS) is 1. The Labute approximate surface area is 157 Å². The molecule has 1 saturated heterocycles. The molecule has 0 unspecified atom stereocenters. The van der Waals surface area contributed by atoms with Crippen LogP contribution in [-0.2, 0) is 23.8 Å². The third-order valence-corrected chi connectivity index (χ3v) is 3.37. The number of ether oxygens (including phenoxy) is 3. The lowest BCUT2D eigenvalue weighted by molar-refractivity contribution is -0.300. The molecule has 0 saturated carbocycles. The summed E-state index contributed by atoms with van der Waals surface area (Å²) in [4.78, 5) is 21.9. The zero-order valence-corrected chi connectivity index (χ0v) is 17.5. The Morgan fingerprint density at radius 2 is 1.58 bits per heavy atom. The van der Waals surface area contributed by atoms with Crippen molar-refractivity contribution >= 4 is 11.9 Å². The highest BCUT2D eigenvalue weighted by Gasteiger charge is 2.36. The molecule has 7 heteroatoms. The molecule has 1 heterocycles. The van der Waals surface area contributed by atoms with Gasteiger partial charge in [-0.3, -0.25) is 9.59 Å². The maximum absolute atomic E-state index is 11.8. The molecule has 1 aliphatic rings. The molecule has 0 amide bonds. The van der Waals surface area contributed by atoms with Crippen molar-refractivity contribution < 1.29 is 28.9 Å². The molecule has 2 atom stereocenters. The van der Waals surface area contributed by atoms with Crippen LogP contribution in [0.1, 0.15) is 74.7 Å². The molecule has 7 nitrogen and oxygen atoms in total. The Morgan fingerprint density at radius 3 is 1.96 bits per heavy atom. The van der Waals surface area contributed by atoms with Gasteiger partial charge in [0.15, 0.2) is 5.79 Å². The number of nitrogens with two attached hydrogens (primary N) is 1. The van der Waals surface area contributed by atoms with Gasteiger partial charge in [-0.15, -0.1) is 0 Å². The summed E-state index contributed by atoms with van der Waals surface area (Å²) in [7, 11) is 0. The van der Waals surface area contributed by atoms with Crippen LogP contribution in [0.3, 0.4) is 0 Å². The second kappa shape index (κ2) is 9.67. The molecule has 26 heavy (non-hydrogen) atoms. The van der Waals surface area contributed by atoms with Gasteiger partial charge in [-0.05, 0) is 68.4 Å². The summed E-state index contributed by atoms with van der Waals surface area (Å²) in [6.45, 7) is 14.8. The third kappa shape index (κ3) is 11.4. The number of carboxylic acids is 1. The summed E-state index contributed by atoms with van der Waals surface area (Å²) < 4.78 is 16.9. The van der Waals surface area contributed by atoms with Gasteiger partial charge in [-0.2, -0.15) is 0 Å². The topological polar surface area (TPSA) is 108 Å². The normalized spacial score (nSPS) is 22.8. The molecule has 154 valence electrons. The quantitative estimate of drug-likeness (QED) is 0.727. The maximum Gasteiger partial charge on any atom is 0.308 e. The van der Waals surface area contributed by atoms with Crippen molar-refractivity contribution in [2.45, 2.75) is 98.2 Å². The second-order valence-electron chi connectivity index (χ2n) is 9.04. The first-order chi connectivity index (χ1) is 11.6. The van der Waals surface area contributed by atoms with Gasteiger partial charge in [-0.25, -0.2) is 0 Å². The van der Waals surface area contributed by atoms with Crippen LogP contribution in [0.2, 0.25) is 0 Å². The molecule has 0 aliphatic carbocycles. The minimum absolute atomic E-state index is 0.0428. The molecule has 0 aromatic heterocycles. The number of hydrogen-bond acceptors (Lipinski definition) is 6. The van der Waals surface area contributed by atoms with Crippen LogP contribution in [0.15, 0.2) is 0 Å². The van der Waals surface area contributed by atoms with Gasteiger partial charge in [0, 0.05) is 6.42 Å². The number of rotatable bonds is 4. The maximum atomic E-state index is 11.8. The fourth-order valence-corrected chi connectivity index (χ4v) is 2.28. The average molecular weight is 376 g/mol. The highest BCUT2D eigenvalue weighted by Crippen LogP contribution is 2.30. The van der Waals surface area contributed by atoms with E-state index < -0.39 is 22.8 Å². The van der Waals surface area contributed by atoms with Crippen molar-refractivity contribution in [3.05, 3.63) is 0 Å². The van der Waals surface area contributed by atoms with Crippen LogP contribution in [-0.4, -0.2) is 47.2 Å². The SMILES string of the molecule is CC(C)(C)C(=O)O.CC(C)(C)OC(=O)C[C@H]1C[C@@H](CCN)OC(C)(C)O1. The highest BCUT2D eigenvalue weighted by molar-refractivity contribution is 5.72. The largest absolute Gasteiger partial charge is 0.481 e. The standard InChI is InChI=1S/C14H27NO4.C5H10O2/c1-13(2,3)19-12(16)9-11-8-10(6-7-15)17-14(4,5)18-11;1-5(2,3)4(6)7/h10-11H,6-9,15H2,1-5H3;1-3H3,(H,6,7)/t10-,11-;/m1./s1. The van der Waals surface area contributed by atoms with Crippen molar-refractivity contribution in [3.63, 3.8) is 0 Å². The van der Waals surface area contributed by atoms with Gasteiger partial charge in [-0.1, -0.05) is 0 Å². The lowest BCUT2D eigenvalue weighted by atomic mass is 9.98. The van der Waals surface area contributed by atoms with Crippen LogP contribution in [0.4, 0.5) is 0 Å². The smallest absolute Gasteiger partial charge is 0.308 e. The molecule has 3 N–H and O–H groups in total. The highest BCUT2D eigenvalue weighted by atomic mass is 16.7. The first-order valence-corrected chi connectivity index (χ1v) is 9.06. The number of esters is 1. The fourth-order valence-electron chi connectivity index (χ4n) is 2.28. The molecule has 0 aromatic carbocycles. The van der Waals surface area contributed by atoms with Gasteiger partial charge in [0.25, 0.3) is 0 Å². The summed E-state index contributed by atoms with van der Waals surface area (Å²) in [5.41, 5.74) is 4.52. The van der Waals surface area contributed by atoms with Gasteiger partial charge >= 0.3 is 11.9 Å². The summed E-state index contributed by atoms with van der Waals surface area (Å²) in [6.07, 6.45) is 1.58. The van der Waals surface area contributed by atoms with Crippen molar-refractivity contribution in [3.8, 4) is 0 Å². The number of aliphatic carboxylic acids is 1. The molecule has 1 aliphatic heterocycles. The van der Waals surface area contributed by atoms with E-state index in [-0.39, 0.29) is 24.6 Å². The van der Waals surface area contributed by atoms with Crippen LogP contribution in [0.5, 0.6) is 0 Å². The zero-order chi connectivity index (χ0) is 20.8. The molecule has 0 spiro atoms. The van der Waals surface area contributed by atoms with E-state index in [0.717, 1.165) is 6.42 Å². The summed E-state index contributed by atoms with van der Waals surface area (Å²) in [5.74, 6) is -1.67. The lowest BCUT2D eigenvalue weighted by Gasteiger charge is -2.40. The van der Waals surface area contributed by atoms with E-state index in [1.165, 1.54) is 0 Å². The lowest BCUT2D eigenvalue weighted by Crippen LogP contribution is -2.46. The second-order valence-corrected chi connectivity index (χ2v) is 9.04. The predicted octanol–water partition coefficient (Wildman–Crippen LogP) is 3.09. The van der Waals surface area contributed by atoms with E-state index in [4.69, 9.17) is 25.1 Å². The van der Waals surface area contributed by atoms with E-state index in [9.17, 15) is 9.59 Å². The van der Waals surface area contributed by atoms with Gasteiger partial charge < -0.3 is 25.1 Å². The number of carbonyl (C=O) groups is 2. The van der Waals surface area contributed by atoms with E-state index in [0.29, 0.717) is 13.0 Å². The van der Waals surface area contributed by atoms with Crippen molar-refractivity contribution in [2.24, 2.45) is 11.1 Å². The van der Waals surface area contributed by atoms with Gasteiger partial charge in [0.1, 0.15) is 5.60 Å². The fraction of sp³-hybridized carbons (Fsp3) is 0.895. The summed E-state index contributed by atoms with van der Waals surface area (Å²) >= 11 is 0. The van der Waals surface area contributed by atoms with E-state index in [1.807, 2.05) is 34.6 Å². The Morgan fingerprint density at radius 1 is 1.12 bits per heavy atom. The number of hydrogen-bond donors (Lipinski definition) is 2. The van der Waals surface area contributed by atoms with Gasteiger partial charge in [0.2, 0.25) is 0 Å². The average Bonchev–Trinajstić information content (AvgIpc) is 2.33. The third-order valence-electron chi connectivity index (χ3n) is 3.37. The molecule has 0 radical (unpaired) electrons. The first kappa shape index (κ1) is 24.8. The van der Waals surface area contributed by atoms with Crippen LogP contribution in [0, 0.1) is 5.41 Å². The molecule has 0 aromatic rings. The van der Waals surface area contributed by atoms with Crippen LogP contribution < -0.4 is 5.73 Å². The summed E-state index contributed by atoms with van der Waals surface area (Å²) in [6, 6.07) is 0. The molecular weight excluding hydrogens is 338 g/mol. The van der Waals surface area contributed by atoms with Crippen molar-refractivity contribution in [2.75, 3.05) is 6.54 Å². The van der Waals surface area contributed by atoms with E-state index in [2.05, 4.69) is 0 Å². The van der Waals surface area contributed by atoms with Crippen LogP contribution in [0.25, 0.3) is 0 Å². The first-order valence-electron chi connectivity index (χ1n) is 9.06. The molecule has 0 bridgehead atoms. The minimum Gasteiger partial charge on any atom is -0.481 e. The Hall–Kier alpha value is -1.18. The summed E-state index contributed by atoms with van der Waals surface area (Å²) in [5, 5.41) is 8.25. The van der Waals surface area contributed by atoms with E-state index >= 15 is 0 Å². The Bertz CT molecular complexity index is 462. The molecular formula is C19H37NO6. The van der Waals surface area contributed by atoms with Crippen LogP contribution >= 0.6 is 0 Å². The minimum atomic E-state index is -0.757. The number of carbonyl (C=O) groups excluding carboxylic acids is 1. The van der Waals surface area contributed by atoms with Gasteiger partial charge in [0.05, 0.1) is 24.0 Å². The molecule has 1 rings (SSSR count).